The van der Waals surface area contributed by atoms with Crippen molar-refractivity contribution in [1.82, 2.24) is 0 Å². The lowest BCUT2D eigenvalue weighted by Crippen LogP contribution is -1.91. The zero-order chi connectivity index (χ0) is 17.8. The number of non-ortho nitro benzene ring substituents is 1. The highest BCUT2D eigenvalue weighted by Crippen LogP contribution is 2.35. The summed E-state index contributed by atoms with van der Waals surface area (Å²) in [6.45, 7) is 5.95. The molecule has 0 bridgehead atoms. The van der Waals surface area contributed by atoms with Crippen molar-refractivity contribution in [3.8, 4) is 22.6 Å². The summed E-state index contributed by atoms with van der Waals surface area (Å²) in [4.78, 5) is 10.3. The Balaban J connectivity index is 2.00. The first-order valence-corrected chi connectivity index (χ1v) is 7.82. The number of rotatable bonds is 5. The summed E-state index contributed by atoms with van der Waals surface area (Å²) < 4.78 is 5.98. The second-order valence-electron chi connectivity index (χ2n) is 5.71. The van der Waals surface area contributed by atoms with Crippen molar-refractivity contribution in [2.75, 3.05) is 0 Å². The molecule has 0 amide bonds. The predicted octanol–water partition coefficient (Wildman–Crippen LogP) is 6.09. The van der Waals surface area contributed by atoms with E-state index in [9.17, 15) is 10.1 Å². The fourth-order valence-electron chi connectivity index (χ4n) is 2.49. The zero-order valence-electron chi connectivity index (χ0n) is 13.8. The lowest BCUT2D eigenvalue weighted by Gasteiger charge is -2.13. The molecule has 124 valence electrons. The second-order valence-corrected chi connectivity index (χ2v) is 5.71. The molecule has 0 N–H and O–H groups in total. The third-order valence-electron chi connectivity index (χ3n) is 3.83. The molecular weight excluding hydrogens is 314 g/mol. The van der Waals surface area contributed by atoms with Gasteiger partial charge in [0.05, 0.1) is 4.92 Å². The van der Waals surface area contributed by atoms with Crippen molar-refractivity contribution < 1.29 is 9.66 Å². The summed E-state index contributed by atoms with van der Waals surface area (Å²) in [7, 11) is 0. The second kappa shape index (κ2) is 7.01. The summed E-state index contributed by atoms with van der Waals surface area (Å²) in [5, 5.41) is 10.8. The minimum atomic E-state index is -0.430. The first kappa shape index (κ1) is 16.5. The smallest absolute Gasteiger partial charge is 0.269 e. The molecule has 0 unspecified atom stereocenters. The van der Waals surface area contributed by atoms with E-state index in [4.69, 9.17) is 4.74 Å². The predicted molar refractivity (Wildman–Crippen MR) is 99.8 cm³/mol. The Labute approximate surface area is 146 Å². The van der Waals surface area contributed by atoms with E-state index in [0.29, 0.717) is 11.5 Å². The molecule has 0 heterocycles. The fourth-order valence-corrected chi connectivity index (χ4v) is 2.49. The molecule has 4 nitrogen and oxygen atoms in total. The van der Waals surface area contributed by atoms with E-state index in [2.05, 4.69) is 6.58 Å². The van der Waals surface area contributed by atoms with Gasteiger partial charge in [-0.05, 0) is 42.3 Å². The van der Waals surface area contributed by atoms with Crippen LogP contribution >= 0.6 is 0 Å². The third kappa shape index (κ3) is 3.75. The van der Waals surface area contributed by atoms with Crippen LogP contribution < -0.4 is 4.74 Å². The number of allylic oxidation sites excluding steroid dienone is 1. The zero-order valence-corrected chi connectivity index (χ0v) is 13.8. The fraction of sp³-hybridized carbons (Fsp3) is 0.0476. The van der Waals surface area contributed by atoms with Crippen LogP contribution in [0.5, 0.6) is 11.5 Å². The first-order chi connectivity index (χ1) is 12.0. The summed E-state index contributed by atoms with van der Waals surface area (Å²) >= 11 is 0. The van der Waals surface area contributed by atoms with Gasteiger partial charge in [0, 0.05) is 17.7 Å². The van der Waals surface area contributed by atoms with Crippen molar-refractivity contribution in [2.24, 2.45) is 0 Å². The molecule has 0 aliphatic carbocycles. The van der Waals surface area contributed by atoms with Crippen LogP contribution in [0.1, 0.15) is 12.5 Å². The van der Waals surface area contributed by atoms with Crippen LogP contribution in [0.2, 0.25) is 0 Å². The minimum absolute atomic E-state index is 0.0354. The number of nitro benzene ring substituents is 1. The molecule has 0 aliphatic heterocycles. The summed E-state index contributed by atoms with van der Waals surface area (Å²) in [6.07, 6.45) is 0. The quantitative estimate of drug-likeness (QED) is 0.420. The van der Waals surface area contributed by atoms with Crippen LogP contribution in [-0.4, -0.2) is 4.92 Å². The number of nitro groups is 1. The molecule has 0 saturated carbocycles. The van der Waals surface area contributed by atoms with Gasteiger partial charge in [-0.25, -0.2) is 0 Å². The van der Waals surface area contributed by atoms with Crippen molar-refractivity contribution in [3.63, 3.8) is 0 Å². The molecule has 25 heavy (non-hydrogen) atoms. The van der Waals surface area contributed by atoms with Crippen molar-refractivity contribution >= 4 is 11.3 Å². The van der Waals surface area contributed by atoms with Crippen molar-refractivity contribution in [2.45, 2.75) is 6.92 Å². The van der Waals surface area contributed by atoms with E-state index in [1.54, 1.807) is 12.1 Å². The number of benzene rings is 3. The molecule has 0 radical (unpaired) electrons. The molecule has 0 spiro atoms. The average Bonchev–Trinajstić information content (AvgIpc) is 2.63. The van der Waals surface area contributed by atoms with Crippen molar-refractivity contribution in [3.05, 3.63) is 95.1 Å². The maximum Gasteiger partial charge on any atom is 0.269 e. The van der Waals surface area contributed by atoms with E-state index in [1.165, 1.54) is 12.1 Å². The van der Waals surface area contributed by atoms with Crippen LogP contribution in [0.3, 0.4) is 0 Å². The lowest BCUT2D eigenvalue weighted by molar-refractivity contribution is -0.384. The van der Waals surface area contributed by atoms with Crippen LogP contribution in [0, 0.1) is 10.1 Å². The minimum Gasteiger partial charge on any atom is -0.457 e. The molecule has 3 rings (SSSR count). The number of hydrogen-bond donors (Lipinski definition) is 0. The Morgan fingerprint density at radius 1 is 1.00 bits per heavy atom. The van der Waals surface area contributed by atoms with E-state index < -0.39 is 4.92 Å². The van der Waals surface area contributed by atoms with Crippen LogP contribution in [0.25, 0.3) is 16.7 Å². The van der Waals surface area contributed by atoms with Gasteiger partial charge in [-0.3, -0.25) is 10.1 Å². The summed E-state index contributed by atoms with van der Waals surface area (Å²) in [5.74, 6) is 1.23. The number of hydrogen-bond acceptors (Lipinski definition) is 3. The average molecular weight is 331 g/mol. The molecule has 4 heteroatoms. The van der Waals surface area contributed by atoms with Gasteiger partial charge in [-0.1, -0.05) is 48.6 Å². The van der Waals surface area contributed by atoms with Gasteiger partial charge in [0.1, 0.15) is 11.5 Å². The monoisotopic (exact) mass is 331 g/mol. The van der Waals surface area contributed by atoms with E-state index >= 15 is 0 Å². The lowest BCUT2D eigenvalue weighted by atomic mass is 9.99. The highest BCUT2D eigenvalue weighted by atomic mass is 16.6. The van der Waals surface area contributed by atoms with Crippen LogP contribution in [-0.2, 0) is 0 Å². The van der Waals surface area contributed by atoms with Crippen molar-refractivity contribution in [1.29, 1.82) is 0 Å². The Kier molecular flexibility index (Phi) is 4.61. The molecule has 0 aliphatic rings. The van der Waals surface area contributed by atoms with Gasteiger partial charge in [0.15, 0.2) is 0 Å². The van der Waals surface area contributed by atoms with Gasteiger partial charge in [-0.15, -0.1) is 0 Å². The molecule has 0 fully saturated rings. The topological polar surface area (TPSA) is 52.4 Å². The van der Waals surface area contributed by atoms with Crippen LogP contribution in [0.4, 0.5) is 5.69 Å². The maximum absolute atomic E-state index is 10.8. The van der Waals surface area contributed by atoms with Gasteiger partial charge >= 0.3 is 0 Å². The Morgan fingerprint density at radius 2 is 1.68 bits per heavy atom. The maximum atomic E-state index is 10.8. The molecule has 3 aromatic carbocycles. The SMILES string of the molecule is C=C(C)c1ccc(Oc2ccc([N+](=O)[O-])cc2)c(-c2ccccc2)c1. The molecule has 0 atom stereocenters. The molecule has 0 saturated heterocycles. The highest BCUT2D eigenvalue weighted by Gasteiger charge is 2.11. The largest absolute Gasteiger partial charge is 0.457 e. The first-order valence-electron chi connectivity index (χ1n) is 7.82. The van der Waals surface area contributed by atoms with Gasteiger partial charge in [0.25, 0.3) is 5.69 Å². The molecule has 3 aromatic rings. The number of nitrogens with zero attached hydrogens (tertiary/aromatic N) is 1. The standard InChI is InChI=1S/C21H17NO3/c1-15(2)17-8-13-21(20(14-17)16-6-4-3-5-7-16)25-19-11-9-18(10-12-19)22(23)24/h3-14H,1H2,2H3. The third-order valence-corrected chi connectivity index (χ3v) is 3.83. The Morgan fingerprint density at radius 3 is 2.28 bits per heavy atom. The Bertz CT molecular complexity index is 916. The molecular formula is C21H17NO3. The van der Waals surface area contributed by atoms with Crippen LogP contribution in [0.15, 0.2) is 79.4 Å². The summed E-state index contributed by atoms with van der Waals surface area (Å²) in [6, 6.07) is 21.9. The summed E-state index contributed by atoms with van der Waals surface area (Å²) in [5.41, 5.74) is 4.02. The van der Waals surface area contributed by atoms with Gasteiger partial charge < -0.3 is 4.74 Å². The molecule has 0 aromatic heterocycles. The Hall–Kier alpha value is -3.40. The van der Waals surface area contributed by atoms with E-state index in [-0.39, 0.29) is 5.69 Å². The van der Waals surface area contributed by atoms with Gasteiger partial charge in [0.2, 0.25) is 0 Å². The van der Waals surface area contributed by atoms with E-state index in [1.807, 2.05) is 55.5 Å². The normalized spacial score (nSPS) is 10.3. The highest BCUT2D eigenvalue weighted by molar-refractivity contribution is 5.76. The van der Waals surface area contributed by atoms with E-state index in [0.717, 1.165) is 22.3 Å². The van der Waals surface area contributed by atoms with Gasteiger partial charge in [-0.2, -0.15) is 0 Å². The number of ether oxygens (including phenoxy) is 1.